The number of carbonyl (C=O) groups excluding carboxylic acids is 2. The molecule has 0 unspecified atom stereocenters. The molecule has 2 amide bonds. The molecule has 2 heterocycles. The van der Waals surface area contributed by atoms with E-state index in [0.717, 1.165) is 23.3 Å². The second-order valence-corrected chi connectivity index (χ2v) is 7.76. The molecule has 3 aromatic rings. The van der Waals surface area contributed by atoms with Gasteiger partial charge in [-0.15, -0.1) is 0 Å². The first-order valence-electron chi connectivity index (χ1n) is 10.2. The van der Waals surface area contributed by atoms with Gasteiger partial charge in [0.2, 0.25) is 11.9 Å². The molecule has 1 aliphatic rings. The summed E-state index contributed by atoms with van der Waals surface area (Å²) in [4.78, 5) is 30.6. The van der Waals surface area contributed by atoms with Gasteiger partial charge in [-0.25, -0.2) is 4.98 Å². The van der Waals surface area contributed by atoms with Gasteiger partial charge in [0.25, 0.3) is 5.91 Å². The average Bonchev–Trinajstić information content (AvgIpc) is 3.30. The predicted octanol–water partition coefficient (Wildman–Crippen LogP) is 3.55. The molecular formula is C23H21F3N4O3. The largest absolute Gasteiger partial charge is 0.416 e. The number of amides is 2. The quantitative estimate of drug-likeness (QED) is 0.592. The normalized spacial score (nSPS) is 14.2. The first-order chi connectivity index (χ1) is 15.7. The molecule has 10 heteroatoms. The highest BCUT2D eigenvalue weighted by molar-refractivity contribution is 6.04. The van der Waals surface area contributed by atoms with Crippen LogP contribution in [-0.2, 0) is 17.5 Å². The van der Waals surface area contributed by atoms with Crippen molar-refractivity contribution in [2.75, 3.05) is 25.5 Å². The third kappa shape index (κ3) is 4.61. The van der Waals surface area contributed by atoms with E-state index in [1.54, 1.807) is 34.7 Å². The number of hydrogen-bond donors (Lipinski definition) is 2. The van der Waals surface area contributed by atoms with Crippen LogP contribution in [0.3, 0.4) is 0 Å². The molecule has 0 aliphatic carbocycles. The van der Waals surface area contributed by atoms with Crippen molar-refractivity contribution in [3.8, 4) is 0 Å². The van der Waals surface area contributed by atoms with E-state index in [1.165, 1.54) is 12.1 Å². The van der Waals surface area contributed by atoms with Gasteiger partial charge in [-0.05, 0) is 47.9 Å². The van der Waals surface area contributed by atoms with Crippen LogP contribution in [0.5, 0.6) is 0 Å². The minimum Gasteiger partial charge on any atom is -0.396 e. The standard InChI is InChI=1S/C23H21F3N4O3/c1-29-13-16(12-20(29)32)14-6-7-19-18(11-14)27-22(30(19)8-3-9-31)28-21(33)15-4-2-5-17(10-15)23(24,25)26/h2,4-7,10-12,31H,3,8-9,13H2,1H3,(H,27,28,33). The highest BCUT2D eigenvalue weighted by Gasteiger charge is 2.31. The number of rotatable bonds is 6. The van der Waals surface area contributed by atoms with E-state index in [1.807, 2.05) is 6.07 Å². The number of anilines is 1. The van der Waals surface area contributed by atoms with E-state index in [4.69, 9.17) is 0 Å². The second-order valence-electron chi connectivity index (χ2n) is 7.76. The molecule has 0 bridgehead atoms. The maximum Gasteiger partial charge on any atom is 0.416 e. The number of hydrogen-bond acceptors (Lipinski definition) is 4. The first-order valence-corrected chi connectivity index (χ1v) is 10.2. The molecule has 33 heavy (non-hydrogen) atoms. The predicted molar refractivity (Wildman–Crippen MR) is 116 cm³/mol. The van der Waals surface area contributed by atoms with Gasteiger partial charge in [0.1, 0.15) is 0 Å². The number of halogens is 3. The number of likely N-dealkylation sites (N-methyl/N-ethyl adjacent to an activating group) is 1. The van der Waals surface area contributed by atoms with Gasteiger partial charge in [-0.3, -0.25) is 14.9 Å². The molecule has 2 aromatic carbocycles. The van der Waals surface area contributed by atoms with Gasteiger partial charge in [-0.1, -0.05) is 12.1 Å². The molecule has 0 saturated heterocycles. The molecule has 4 rings (SSSR count). The summed E-state index contributed by atoms with van der Waals surface area (Å²) < 4.78 is 40.7. The number of aromatic nitrogens is 2. The number of carbonyl (C=O) groups is 2. The van der Waals surface area contributed by atoms with E-state index >= 15 is 0 Å². The van der Waals surface area contributed by atoms with Crippen LogP contribution in [0.25, 0.3) is 16.6 Å². The highest BCUT2D eigenvalue weighted by Crippen LogP contribution is 2.30. The van der Waals surface area contributed by atoms with Crippen molar-refractivity contribution < 1.29 is 27.9 Å². The summed E-state index contributed by atoms with van der Waals surface area (Å²) in [5.74, 6) is -0.660. The summed E-state index contributed by atoms with van der Waals surface area (Å²) in [6, 6.07) is 9.59. The zero-order chi connectivity index (χ0) is 23.8. The summed E-state index contributed by atoms with van der Waals surface area (Å²) in [6.45, 7) is 0.725. The number of aliphatic hydroxyl groups excluding tert-OH is 1. The fourth-order valence-corrected chi connectivity index (χ4v) is 3.70. The SMILES string of the molecule is CN1CC(c2ccc3c(c2)nc(NC(=O)c2cccc(C(F)(F)F)c2)n3CCCO)=CC1=O. The smallest absolute Gasteiger partial charge is 0.396 e. The number of aliphatic hydroxyl groups is 1. The Morgan fingerprint density at radius 2 is 2.00 bits per heavy atom. The minimum atomic E-state index is -4.56. The van der Waals surface area contributed by atoms with Gasteiger partial charge < -0.3 is 14.6 Å². The Balaban J connectivity index is 1.68. The van der Waals surface area contributed by atoms with Crippen LogP contribution in [0, 0.1) is 0 Å². The maximum atomic E-state index is 13.0. The molecule has 7 nitrogen and oxygen atoms in total. The van der Waals surface area contributed by atoms with Gasteiger partial charge in [-0.2, -0.15) is 13.2 Å². The van der Waals surface area contributed by atoms with E-state index in [-0.39, 0.29) is 24.0 Å². The van der Waals surface area contributed by atoms with Crippen molar-refractivity contribution in [2.24, 2.45) is 0 Å². The first kappa shape index (κ1) is 22.5. The van der Waals surface area contributed by atoms with Crippen LogP contribution in [0.4, 0.5) is 19.1 Å². The van der Waals surface area contributed by atoms with Gasteiger partial charge in [0.15, 0.2) is 0 Å². The van der Waals surface area contributed by atoms with Gasteiger partial charge in [0.05, 0.1) is 16.6 Å². The zero-order valence-corrected chi connectivity index (χ0v) is 17.7. The Kier molecular flexibility index (Phi) is 5.94. The minimum absolute atomic E-state index is 0.0832. The Hall–Kier alpha value is -3.66. The molecule has 0 atom stereocenters. The zero-order valence-electron chi connectivity index (χ0n) is 17.7. The highest BCUT2D eigenvalue weighted by atomic mass is 19.4. The van der Waals surface area contributed by atoms with Crippen LogP contribution >= 0.6 is 0 Å². The van der Waals surface area contributed by atoms with Crippen LogP contribution < -0.4 is 5.32 Å². The number of imidazole rings is 1. The molecule has 172 valence electrons. The lowest BCUT2D eigenvalue weighted by molar-refractivity contribution is -0.137. The van der Waals surface area contributed by atoms with E-state index in [9.17, 15) is 27.9 Å². The molecule has 0 radical (unpaired) electrons. The average molecular weight is 458 g/mol. The van der Waals surface area contributed by atoms with Crippen molar-refractivity contribution in [3.05, 3.63) is 65.2 Å². The number of nitrogens with one attached hydrogen (secondary N) is 1. The molecule has 1 aromatic heterocycles. The van der Waals surface area contributed by atoms with Crippen LogP contribution in [-0.4, -0.2) is 51.6 Å². The third-order valence-electron chi connectivity index (χ3n) is 5.42. The number of aryl methyl sites for hydroxylation is 1. The van der Waals surface area contributed by atoms with E-state index < -0.39 is 17.6 Å². The third-order valence-corrected chi connectivity index (χ3v) is 5.42. The summed E-state index contributed by atoms with van der Waals surface area (Å²) in [5, 5.41) is 11.9. The lowest BCUT2D eigenvalue weighted by Gasteiger charge is -2.11. The molecule has 0 saturated carbocycles. The van der Waals surface area contributed by atoms with Crippen LogP contribution in [0.2, 0.25) is 0 Å². The number of nitrogens with zero attached hydrogens (tertiary/aromatic N) is 3. The molecule has 0 spiro atoms. The fraction of sp³-hybridized carbons (Fsp3) is 0.261. The number of alkyl halides is 3. The molecule has 2 N–H and O–H groups in total. The lowest BCUT2D eigenvalue weighted by Crippen LogP contribution is -2.19. The molecule has 1 aliphatic heterocycles. The van der Waals surface area contributed by atoms with Crippen molar-refractivity contribution in [1.82, 2.24) is 14.5 Å². The summed E-state index contributed by atoms with van der Waals surface area (Å²) >= 11 is 0. The van der Waals surface area contributed by atoms with Gasteiger partial charge >= 0.3 is 6.18 Å². The summed E-state index contributed by atoms with van der Waals surface area (Å²) in [6.07, 6.45) is -2.62. The molecular weight excluding hydrogens is 437 g/mol. The van der Waals surface area contributed by atoms with E-state index in [0.29, 0.717) is 30.5 Å². The van der Waals surface area contributed by atoms with Crippen molar-refractivity contribution in [1.29, 1.82) is 0 Å². The monoisotopic (exact) mass is 458 g/mol. The lowest BCUT2D eigenvalue weighted by atomic mass is 10.1. The maximum absolute atomic E-state index is 13.0. The van der Waals surface area contributed by atoms with Crippen LogP contribution in [0.15, 0.2) is 48.5 Å². The Morgan fingerprint density at radius 3 is 2.67 bits per heavy atom. The topological polar surface area (TPSA) is 87.5 Å². The van der Waals surface area contributed by atoms with E-state index in [2.05, 4.69) is 10.3 Å². The van der Waals surface area contributed by atoms with Crippen molar-refractivity contribution >= 4 is 34.4 Å². The van der Waals surface area contributed by atoms with Gasteiger partial charge in [0, 0.05) is 38.4 Å². The summed E-state index contributed by atoms with van der Waals surface area (Å²) in [7, 11) is 1.70. The molecule has 0 fully saturated rings. The second kappa shape index (κ2) is 8.70. The number of benzene rings is 2. The van der Waals surface area contributed by atoms with Crippen molar-refractivity contribution in [2.45, 2.75) is 19.1 Å². The Morgan fingerprint density at radius 1 is 1.21 bits per heavy atom. The fourth-order valence-electron chi connectivity index (χ4n) is 3.70. The van der Waals surface area contributed by atoms with Crippen molar-refractivity contribution in [3.63, 3.8) is 0 Å². The van der Waals surface area contributed by atoms with Crippen LogP contribution in [0.1, 0.15) is 27.9 Å². The number of fused-ring (bicyclic) bond motifs is 1. The Labute approximate surface area is 187 Å². The summed E-state index contributed by atoms with van der Waals surface area (Å²) in [5.41, 5.74) is 1.81. The Bertz CT molecular complexity index is 1260.